The van der Waals surface area contributed by atoms with E-state index in [4.69, 9.17) is 10.4 Å². The molecule has 0 saturated heterocycles. The van der Waals surface area contributed by atoms with Crippen molar-refractivity contribution in [1.29, 1.82) is 5.26 Å². The molecule has 1 aromatic heterocycles. The first-order chi connectivity index (χ1) is 9.04. The molecule has 0 aliphatic heterocycles. The maximum Gasteiger partial charge on any atom is 0.345 e. The molecule has 0 aliphatic rings. The van der Waals surface area contributed by atoms with Gasteiger partial charge in [0.1, 0.15) is 11.0 Å². The molecule has 19 heavy (non-hydrogen) atoms. The van der Waals surface area contributed by atoms with Crippen molar-refractivity contribution in [3.05, 3.63) is 34.7 Å². The van der Waals surface area contributed by atoms with Crippen molar-refractivity contribution < 1.29 is 20.1 Å². The van der Waals surface area contributed by atoms with Crippen molar-refractivity contribution in [2.45, 2.75) is 18.6 Å². The highest BCUT2D eigenvalue weighted by Crippen LogP contribution is 2.33. The molecule has 2 aromatic rings. The summed E-state index contributed by atoms with van der Waals surface area (Å²) in [6.45, 7) is 0. The van der Waals surface area contributed by atoms with E-state index in [2.05, 4.69) is 0 Å². The number of carboxylic acid groups (broad SMARTS) is 1. The van der Waals surface area contributed by atoms with Crippen LogP contribution in [0.1, 0.15) is 27.8 Å². The van der Waals surface area contributed by atoms with Gasteiger partial charge in [0, 0.05) is 4.70 Å². The predicted octanol–water partition coefficient (Wildman–Crippen LogP) is 1.91. The van der Waals surface area contributed by atoms with Gasteiger partial charge in [0.15, 0.2) is 0 Å². The highest BCUT2D eigenvalue weighted by atomic mass is 32.1. The zero-order chi connectivity index (χ0) is 14.0. The van der Waals surface area contributed by atoms with Gasteiger partial charge in [0.05, 0.1) is 18.6 Å². The minimum absolute atomic E-state index is 0.171. The van der Waals surface area contributed by atoms with Crippen LogP contribution >= 0.6 is 11.3 Å². The normalized spacial score (nSPS) is 13.9. The first kappa shape index (κ1) is 13.5. The SMILES string of the molecule is N#CCC(O)C(O)c1cccc2sc(C(=O)O)cc12. The molecule has 0 amide bonds. The molecule has 1 heterocycles. The number of carboxylic acids is 1. The number of benzene rings is 1. The van der Waals surface area contributed by atoms with E-state index in [1.165, 1.54) is 6.07 Å². The molecule has 5 nitrogen and oxygen atoms in total. The number of carbonyl (C=O) groups is 1. The van der Waals surface area contributed by atoms with Gasteiger partial charge in [0.2, 0.25) is 0 Å². The lowest BCUT2D eigenvalue weighted by Gasteiger charge is -2.16. The van der Waals surface area contributed by atoms with Gasteiger partial charge in [-0.1, -0.05) is 12.1 Å². The molecular weight excluding hydrogens is 266 g/mol. The fraction of sp³-hybridized carbons (Fsp3) is 0.231. The Bertz CT molecular complexity index is 658. The number of hydrogen-bond acceptors (Lipinski definition) is 5. The Morgan fingerprint density at radius 3 is 2.79 bits per heavy atom. The Hall–Kier alpha value is -1.94. The van der Waals surface area contributed by atoms with Gasteiger partial charge in [-0.2, -0.15) is 5.26 Å². The number of aliphatic hydroxyl groups is 2. The molecule has 2 unspecified atom stereocenters. The first-order valence-corrected chi connectivity index (χ1v) is 6.35. The van der Waals surface area contributed by atoms with Crippen LogP contribution in [0.15, 0.2) is 24.3 Å². The van der Waals surface area contributed by atoms with Gasteiger partial charge in [0.25, 0.3) is 0 Å². The second-order valence-corrected chi connectivity index (χ2v) is 5.13. The van der Waals surface area contributed by atoms with Crippen LogP contribution < -0.4 is 0 Å². The summed E-state index contributed by atoms with van der Waals surface area (Å²) in [6.07, 6.45) is -2.59. The number of hydrogen-bond donors (Lipinski definition) is 3. The third kappa shape index (κ3) is 2.58. The Kier molecular flexibility index (Phi) is 3.81. The number of nitriles is 1. The topological polar surface area (TPSA) is 102 Å². The van der Waals surface area contributed by atoms with Crippen molar-refractivity contribution in [3.8, 4) is 6.07 Å². The molecule has 0 spiro atoms. The van der Waals surface area contributed by atoms with E-state index in [-0.39, 0.29) is 11.3 Å². The minimum Gasteiger partial charge on any atom is -0.477 e. The highest BCUT2D eigenvalue weighted by molar-refractivity contribution is 7.20. The van der Waals surface area contributed by atoms with Crippen LogP contribution in [0.3, 0.4) is 0 Å². The van der Waals surface area contributed by atoms with E-state index in [1.54, 1.807) is 24.3 Å². The van der Waals surface area contributed by atoms with E-state index in [0.29, 0.717) is 10.9 Å². The lowest BCUT2D eigenvalue weighted by atomic mass is 9.99. The summed E-state index contributed by atoms with van der Waals surface area (Å²) in [4.78, 5) is 11.1. The molecule has 6 heteroatoms. The summed E-state index contributed by atoms with van der Waals surface area (Å²) in [6, 6.07) is 8.31. The Morgan fingerprint density at radius 1 is 1.42 bits per heavy atom. The highest BCUT2D eigenvalue weighted by Gasteiger charge is 2.21. The van der Waals surface area contributed by atoms with Crippen LogP contribution in [-0.4, -0.2) is 27.4 Å². The third-order valence-corrected chi connectivity index (χ3v) is 3.88. The van der Waals surface area contributed by atoms with Gasteiger partial charge in [-0.15, -0.1) is 11.3 Å². The van der Waals surface area contributed by atoms with Gasteiger partial charge >= 0.3 is 5.97 Å². The smallest absolute Gasteiger partial charge is 0.345 e. The fourth-order valence-corrected chi connectivity index (χ4v) is 2.79. The van der Waals surface area contributed by atoms with Crippen molar-refractivity contribution in [3.63, 3.8) is 0 Å². The lowest BCUT2D eigenvalue weighted by Crippen LogP contribution is -2.17. The predicted molar refractivity (Wildman–Crippen MR) is 70.0 cm³/mol. The number of aromatic carboxylic acids is 1. The summed E-state index contributed by atoms with van der Waals surface area (Å²) < 4.78 is 0.720. The van der Waals surface area contributed by atoms with E-state index < -0.39 is 18.2 Å². The van der Waals surface area contributed by atoms with E-state index >= 15 is 0 Å². The Labute approximate surface area is 113 Å². The maximum absolute atomic E-state index is 10.9. The van der Waals surface area contributed by atoms with E-state index in [9.17, 15) is 15.0 Å². The molecule has 3 N–H and O–H groups in total. The number of rotatable bonds is 4. The molecule has 2 rings (SSSR count). The Morgan fingerprint density at radius 2 is 2.16 bits per heavy atom. The van der Waals surface area contributed by atoms with Gasteiger partial charge in [-0.25, -0.2) is 4.79 Å². The molecule has 0 fully saturated rings. The molecule has 98 valence electrons. The molecule has 0 saturated carbocycles. The molecule has 0 aliphatic carbocycles. The van der Waals surface area contributed by atoms with Crippen molar-refractivity contribution in [2.24, 2.45) is 0 Å². The molecule has 0 radical (unpaired) electrons. The molecule has 2 atom stereocenters. The van der Waals surface area contributed by atoms with Gasteiger partial charge in [-0.3, -0.25) is 0 Å². The van der Waals surface area contributed by atoms with Crippen LogP contribution in [0.25, 0.3) is 10.1 Å². The lowest BCUT2D eigenvalue weighted by molar-refractivity contribution is 0.0225. The monoisotopic (exact) mass is 277 g/mol. The number of fused-ring (bicyclic) bond motifs is 1. The summed E-state index contributed by atoms with van der Waals surface area (Å²) in [5.74, 6) is -1.03. The summed E-state index contributed by atoms with van der Waals surface area (Å²) in [5, 5.41) is 37.8. The van der Waals surface area contributed by atoms with Crippen molar-refractivity contribution in [1.82, 2.24) is 0 Å². The fourth-order valence-electron chi connectivity index (χ4n) is 1.86. The largest absolute Gasteiger partial charge is 0.477 e. The quantitative estimate of drug-likeness (QED) is 0.792. The number of nitrogens with zero attached hydrogens (tertiary/aromatic N) is 1. The summed E-state index contributed by atoms with van der Waals surface area (Å²) in [7, 11) is 0. The van der Waals surface area contributed by atoms with Crippen molar-refractivity contribution in [2.75, 3.05) is 0 Å². The zero-order valence-corrected chi connectivity index (χ0v) is 10.6. The third-order valence-electron chi connectivity index (χ3n) is 2.79. The van der Waals surface area contributed by atoms with Crippen LogP contribution in [0.2, 0.25) is 0 Å². The Balaban J connectivity index is 2.49. The average Bonchev–Trinajstić information content (AvgIpc) is 2.82. The van der Waals surface area contributed by atoms with E-state index in [0.717, 1.165) is 16.0 Å². The van der Waals surface area contributed by atoms with Crippen LogP contribution in [-0.2, 0) is 0 Å². The summed E-state index contributed by atoms with van der Waals surface area (Å²) in [5.41, 5.74) is 0.434. The van der Waals surface area contributed by atoms with Gasteiger partial charge < -0.3 is 15.3 Å². The van der Waals surface area contributed by atoms with Gasteiger partial charge in [-0.05, 0) is 23.1 Å². The minimum atomic E-state index is -1.21. The zero-order valence-electron chi connectivity index (χ0n) is 9.78. The van der Waals surface area contributed by atoms with Crippen molar-refractivity contribution >= 4 is 27.4 Å². The first-order valence-electron chi connectivity index (χ1n) is 5.53. The number of aliphatic hydroxyl groups excluding tert-OH is 2. The molecular formula is C13H11NO4S. The number of thiophene rings is 1. The van der Waals surface area contributed by atoms with E-state index in [1.807, 2.05) is 0 Å². The van der Waals surface area contributed by atoms with Crippen LogP contribution in [0.4, 0.5) is 0 Å². The second-order valence-electron chi connectivity index (χ2n) is 4.05. The maximum atomic E-state index is 10.9. The standard InChI is InChI=1S/C13H11NO4S/c14-5-4-9(15)12(16)7-2-1-3-10-8(7)6-11(19-10)13(17)18/h1-3,6,9,12,15-16H,4H2,(H,17,18). The van der Waals surface area contributed by atoms with Crippen LogP contribution in [0, 0.1) is 11.3 Å². The summed E-state index contributed by atoms with van der Waals surface area (Å²) >= 11 is 1.10. The van der Waals surface area contributed by atoms with Crippen LogP contribution in [0.5, 0.6) is 0 Å². The molecule has 1 aromatic carbocycles. The second kappa shape index (κ2) is 5.36. The molecule has 0 bridgehead atoms. The average molecular weight is 277 g/mol.